The molecule has 8 nitrogen and oxygen atoms in total. The van der Waals surface area contributed by atoms with Gasteiger partial charge in [-0.15, -0.1) is 0 Å². The van der Waals surface area contributed by atoms with Crippen LogP contribution < -0.4 is 10.2 Å². The van der Waals surface area contributed by atoms with Gasteiger partial charge in [-0.1, -0.05) is 34.5 Å². The summed E-state index contributed by atoms with van der Waals surface area (Å²) >= 11 is 13.2. The Hall–Kier alpha value is -1.21. The number of fused-ring (bicyclic) bond motifs is 1. The molecule has 4 N–H and O–H groups in total. The summed E-state index contributed by atoms with van der Waals surface area (Å²) in [5, 5.41) is 22.6. The molecule has 4 rings (SSSR count). The molecule has 2 fully saturated rings. The number of hydrogen-bond donors (Lipinski definition) is 4. The van der Waals surface area contributed by atoms with Crippen molar-refractivity contribution < 1.29 is 19.8 Å². The Balaban J connectivity index is 0.00000225. The first kappa shape index (κ1) is 21.5. The molecule has 1 aliphatic heterocycles. The van der Waals surface area contributed by atoms with Crippen molar-refractivity contribution in [1.82, 2.24) is 15.3 Å². The number of aromatic nitrogens is 2. The number of piperidine rings is 1. The Morgan fingerprint density at radius 2 is 1.96 bits per heavy atom. The van der Waals surface area contributed by atoms with E-state index in [9.17, 15) is 19.8 Å². The second kappa shape index (κ2) is 7.90. The van der Waals surface area contributed by atoms with E-state index in [0.717, 1.165) is 11.3 Å². The van der Waals surface area contributed by atoms with Crippen molar-refractivity contribution in [1.29, 1.82) is 0 Å². The quantitative estimate of drug-likeness (QED) is 0.525. The maximum absolute atomic E-state index is 12.4. The Bertz CT molecular complexity index is 937. The number of carboxylic acids is 1. The van der Waals surface area contributed by atoms with Crippen LogP contribution in [-0.4, -0.2) is 70.0 Å². The van der Waals surface area contributed by atoms with Gasteiger partial charge >= 0.3 is 24.8 Å². The van der Waals surface area contributed by atoms with Crippen LogP contribution in [0.4, 0.5) is 5.13 Å². The molecule has 1 saturated heterocycles. The zero-order chi connectivity index (χ0) is 19.5. The molecule has 2 aromatic rings. The van der Waals surface area contributed by atoms with Crippen molar-refractivity contribution in [2.45, 2.75) is 19.6 Å². The second-order valence-corrected chi connectivity index (χ2v) is 8.45. The summed E-state index contributed by atoms with van der Waals surface area (Å²) in [6.07, 6.45) is 0. The zero-order valence-electron chi connectivity index (χ0n) is 14.1. The summed E-state index contributed by atoms with van der Waals surface area (Å²) < 4.78 is 0. The monoisotopic (exact) mass is 438 g/mol. The van der Waals surface area contributed by atoms with E-state index in [1.807, 2.05) is 4.90 Å². The summed E-state index contributed by atoms with van der Waals surface area (Å²) in [4.78, 5) is 32.8. The second-order valence-electron chi connectivity index (χ2n) is 6.72. The number of amides is 1. The first-order valence-electron chi connectivity index (χ1n) is 8.25. The Morgan fingerprint density at radius 3 is 2.43 bits per heavy atom. The van der Waals surface area contributed by atoms with E-state index in [1.54, 1.807) is 6.92 Å². The summed E-state index contributed by atoms with van der Waals surface area (Å²) in [6, 6.07) is 0.0448. The number of rotatable bonds is 5. The minimum absolute atomic E-state index is 0. The number of aromatic amines is 1. The van der Waals surface area contributed by atoms with E-state index in [-0.39, 0.29) is 63.9 Å². The summed E-state index contributed by atoms with van der Waals surface area (Å²) in [5.74, 6) is -0.831. The van der Waals surface area contributed by atoms with E-state index >= 15 is 0 Å². The number of aliphatic hydroxyl groups is 1. The van der Waals surface area contributed by atoms with Crippen molar-refractivity contribution in [3.8, 4) is 0 Å². The van der Waals surface area contributed by atoms with Gasteiger partial charge in [0.25, 0.3) is 5.91 Å². The fourth-order valence-corrected chi connectivity index (χ4v) is 4.95. The topological polar surface area (TPSA) is 119 Å². The molecule has 146 valence electrons. The molecule has 3 heterocycles. The van der Waals surface area contributed by atoms with Crippen molar-refractivity contribution in [3.05, 3.63) is 32.0 Å². The normalized spacial score (nSPS) is 22.6. The molecule has 1 unspecified atom stereocenters. The molecule has 28 heavy (non-hydrogen) atoms. The van der Waals surface area contributed by atoms with Crippen LogP contribution in [0.25, 0.3) is 0 Å². The molecule has 1 amide bonds. The number of aromatic carboxylic acids is 1. The van der Waals surface area contributed by atoms with Crippen LogP contribution in [0.2, 0.25) is 10.0 Å². The molecule has 12 heteroatoms. The van der Waals surface area contributed by atoms with Crippen molar-refractivity contribution >= 4 is 70.4 Å². The van der Waals surface area contributed by atoms with E-state index in [0.29, 0.717) is 28.9 Å². The summed E-state index contributed by atoms with van der Waals surface area (Å²) in [5.41, 5.74) is 1.09. The van der Waals surface area contributed by atoms with Gasteiger partial charge in [0, 0.05) is 36.7 Å². The van der Waals surface area contributed by atoms with Gasteiger partial charge in [-0.3, -0.25) is 4.79 Å². The summed E-state index contributed by atoms with van der Waals surface area (Å²) in [7, 11) is 0. The van der Waals surface area contributed by atoms with Gasteiger partial charge in [0.05, 0.1) is 22.3 Å². The number of nitrogens with one attached hydrogen (secondary N) is 2. The number of aryl methyl sites for hydroxylation is 1. The number of halogens is 2. The molecule has 1 aliphatic carbocycles. The van der Waals surface area contributed by atoms with Crippen LogP contribution in [0.1, 0.15) is 31.5 Å². The molecule has 0 radical (unpaired) electrons. The number of nitrogens with zero attached hydrogens (tertiary/aromatic N) is 2. The minimum atomic E-state index is -1.09. The van der Waals surface area contributed by atoms with Gasteiger partial charge in [0.1, 0.15) is 10.6 Å². The van der Waals surface area contributed by atoms with Gasteiger partial charge in [-0.2, -0.15) is 0 Å². The summed E-state index contributed by atoms with van der Waals surface area (Å²) in [6.45, 7) is 2.68. The number of carbonyl (C=O) groups excluding carboxylic acids is 1. The van der Waals surface area contributed by atoms with Crippen molar-refractivity contribution in [2.75, 3.05) is 18.0 Å². The molecule has 2 aliphatic rings. The molecular formula is C16H17Cl2LiN4O4S. The third-order valence-electron chi connectivity index (χ3n) is 5.07. The van der Waals surface area contributed by atoms with Crippen molar-refractivity contribution in [3.63, 3.8) is 0 Å². The maximum atomic E-state index is 12.4. The van der Waals surface area contributed by atoms with Gasteiger partial charge in [0.2, 0.25) is 0 Å². The third-order valence-corrected chi connectivity index (χ3v) is 7.17. The number of aliphatic hydroxyl groups excluding tert-OH is 1. The predicted molar refractivity (Wildman–Crippen MR) is 108 cm³/mol. The average Bonchev–Trinajstić information content (AvgIpc) is 3.05. The molecule has 1 saturated carbocycles. The van der Waals surface area contributed by atoms with E-state index < -0.39 is 12.6 Å². The van der Waals surface area contributed by atoms with E-state index in [4.69, 9.17) is 23.2 Å². The van der Waals surface area contributed by atoms with Gasteiger partial charge in [-0.25, -0.2) is 9.78 Å². The third kappa shape index (κ3) is 3.56. The average molecular weight is 439 g/mol. The van der Waals surface area contributed by atoms with Crippen LogP contribution in [0.3, 0.4) is 0 Å². The number of anilines is 1. The van der Waals surface area contributed by atoms with E-state index in [2.05, 4.69) is 15.3 Å². The SMILES string of the molecule is Cc1[nH]c(C(=O)NC2[C@H]3CN(c4nc(CO)c(C(=O)O)s4)C[C@@H]23)c(Cl)c1Cl.[LiH]. The van der Waals surface area contributed by atoms with Crippen molar-refractivity contribution in [2.24, 2.45) is 11.8 Å². The molecule has 0 bridgehead atoms. The van der Waals surface area contributed by atoms with Crippen LogP contribution in [-0.2, 0) is 6.61 Å². The molecule has 0 spiro atoms. The fourth-order valence-electron chi connectivity index (χ4n) is 3.60. The molecule has 2 aromatic heterocycles. The number of H-pyrrole nitrogens is 1. The number of carbonyl (C=O) groups is 2. The first-order valence-corrected chi connectivity index (χ1v) is 9.82. The van der Waals surface area contributed by atoms with Crippen LogP contribution in [0.15, 0.2) is 0 Å². The van der Waals surface area contributed by atoms with Gasteiger partial charge in [-0.05, 0) is 6.92 Å². The number of thiazole rings is 1. The molecule has 0 aromatic carbocycles. The fraction of sp³-hybridized carbons (Fsp3) is 0.438. The first-order chi connectivity index (χ1) is 12.8. The van der Waals surface area contributed by atoms with Gasteiger partial charge < -0.3 is 25.4 Å². The van der Waals surface area contributed by atoms with Crippen LogP contribution in [0.5, 0.6) is 0 Å². The Morgan fingerprint density at radius 1 is 1.32 bits per heavy atom. The number of hydrogen-bond acceptors (Lipinski definition) is 6. The zero-order valence-corrected chi connectivity index (χ0v) is 16.5. The predicted octanol–water partition coefficient (Wildman–Crippen LogP) is 1.49. The Kier molecular flexibility index (Phi) is 6.06. The van der Waals surface area contributed by atoms with Gasteiger partial charge in [0.15, 0.2) is 5.13 Å². The molecule has 3 atom stereocenters. The van der Waals surface area contributed by atoms with Crippen LogP contribution >= 0.6 is 34.5 Å². The Labute approximate surface area is 186 Å². The van der Waals surface area contributed by atoms with E-state index in [1.165, 1.54) is 0 Å². The molecular weight excluding hydrogens is 422 g/mol. The standard InChI is InChI=1S/C16H16Cl2N4O4S.Li.H/c1-5-9(17)10(18)12(19-5)14(24)21-11-6-2-22(3-7(6)11)16-20-8(4-23)13(27-16)15(25)26;;/h6-7,11,19,23H,2-4H2,1H3,(H,21,24)(H,25,26);;/t6-,7+,11?;;. The number of carboxylic acid groups (broad SMARTS) is 1. The van der Waals surface area contributed by atoms with Crippen LogP contribution in [0, 0.1) is 18.8 Å².